The third-order valence-electron chi connectivity index (χ3n) is 5.64. The van der Waals surface area contributed by atoms with Gasteiger partial charge in [-0.25, -0.2) is 4.98 Å². The average Bonchev–Trinajstić information content (AvgIpc) is 3.48. The number of methoxy groups -OCH3 is 1. The molecule has 1 aromatic carbocycles. The van der Waals surface area contributed by atoms with Crippen LogP contribution in [0.15, 0.2) is 47.1 Å². The first-order valence-electron chi connectivity index (χ1n) is 10.8. The summed E-state index contributed by atoms with van der Waals surface area (Å²) in [4.78, 5) is 33.8. The molecular weight excluding hydrogens is 424 g/mol. The number of aromatic nitrogens is 3. The van der Waals surface area contributed by atoms with Crippen molar-refractivity contribution in [2.75, 3.05) is 7.11 Å². The maximum absolute atomic E-state index is 13.0. The lowest BCUT2D eigenvalue weighted by Gasteiger charge is -2.15. The minimum absolute atomic E-state index is 0.0294. The van der Waals surface area contributed by atoms with Crippen LogP contribution in [-0.2, 0) is 10.2 Å². The summed E-state index contributed by atoms with van der Waals surface area (Å²) in [5.41, 5.74) is 0.805. The number of pyridine rings is 1. The summed E-state index contributed by atoms with van der Waals surface area (Å²) in [6, 6.07) is 11.0. The number of esters is 1. The second kappa shape index (κ2) is 9.01. The van der Waals surface area contributed by atoms with E-state index in [2.05, 4.69) is 32.6 Å². The van der Waals surface area contributed by atoms with E-state index < -0.39 is 17.9 Å². The SMILES string of the molecule is COc1ccnc(C(=O)N[C@@H](C)c2noc(C3(c4ccccc4)CC3)n2)c1OC(=O)C(C)C. The molecule has 9 nitrogen and oxygen atoms in total. The summed E-state index contributed by atoms with van der Waals surface area (Å²) in [5, 5.41) is 6.89. The Morgan fingerprint density at radius 2 is 1.85 bits per heavy atom. The number of nitrogens with zero attached hydrogens (tertiary/aromatic N) is 3. The number of hydrogen-bond donors (Lipinski definition) is 1. The lowest BCUT2D eigenvalue weighted by Crippen LogP contribution is -2.29. The predicted molar refractivity (Wildman–Crippen MR) is 118 cm³/mol. The van der Waals surface area contributed by atoms with Gasteiger partial charge in [0.2, 0.25) is 11.6 Å². The largest absolute Gasteiger partial charge is 0.493 e. The molecule has 0 radical (unpaired) electrons. The van der Waals surface area contributed by atoms with Gasteiger partial charge in [-0.3, -0.25) is 9.59 Å². The van der Waals surface area contributed by atoms with Gasteiger partial charge in [-0.2, -0.15) is 4.98 Å². The molecule has 3 aromatic rings. The van der Waals surface area contributed by atoms with Crippen molar-refractivity contribution in [3.63, 3.8) is 0 Å². The monoisotopic (exact) mass is 450 g/mol. The number of ether oxygens (including phenoxy) is 2. The number of carbonyl (C=O) groups excluding carboxylic acids is 2. The van der Waals surface area contributed by atoms with Gasteiger partial charge in [0, 0.05) is 12.3 Å². The Morgan fingerprint density at radius 1 is 1.12 bits per heavy atom. The normalized spacial score (nSPS) is 15.1. The van der Waals surface area contributed by atoms with Crippen LogP contribution in [-0.4, -0.2) is 34.1 Å². The van der Waals surface area contributed by atoms with E-state index in [-0.39, 0.29) is 28.5 Å². The van der Waals surface area contributed by atoms with E-state index in [0.717, 1.165) is 18.4 Å². The Balaban J connectivity index is 1.53. The number of carbonyl (C=O) groups is 2. The van der Waals surface area contributed by atoms with E-state index in [1.54, 1.807) is 20.8 Å². The summed E-state index contributed by atoms with van der Waals surface area (Å²) in [6.07, 6.45) is 3.27. The smallest absolute Gasteiger partial charge is 0.313 e. The first-order valence-corrected chi connectivity index (χ1v) is 10.8. The van der Waals surface area contributed by atoms with Gasteiger partial charge in [0.25, 0.3) is 5.91 Å². The minimum Gasteiger partial charge on any atom is -0.493 e. The van der Waals surface area contributed by atoms with Crippen LogP contribution in [0.1, 0.15) is 67.4 Å². The minimum atomic E-state index is -0.566. The zero-order valence-electron chi connectivity index (χ0n) is 19.0. The van der Waals surface area contributed by atoms with E-state index in [9.17, 15) is 9.59 Å². The topological polar surface area (TPSA) is 116 Å². The summed E-state index contributed by atoms with van der Waals surface area (Å²) in [7, 11) is 1.42. The molecule has 1 N–H and O–H groups in total. The van der Waals surface area contributed by atoms with E-state index in [0.29, 0.717) is 11.7 Å². The molecule has 1 amide bonds. The van der Waals surface area contributed by atoms with Crippen LogP contribution >= 0.6 is 0 Å². The van der Waals surface area contributed by atoms with Crippen LogP contribution in [0.5, 0.6) is 11.5 Å². The number of amides is 1. The lowest BCUT2D eigenvalue weighted by molar-refractivity contribution is -0.137. The van der Waals surface area contributed by atoms with E-state index in [1.807, 2.05) is 18.2 Å². The molecule has 4 rings (SSSR count). The van der Waals surface area contributed by atoms with Gasteiger partial charge in [-0.15, -0.1) is 0 Å². The van der Waals surface area contributed by atoms with E-state index >= 15 is 0 Å². The van der Waals surface area contributed by atoms with Crippen molar-refractivity contribution in [3.8, 4) is 11.5 Å². The fourth-order valence-corrected chi connectivity index (χ4v) is 3.51. The Morgan fingerprint density at radius 3 is 2.48 bits per heavy atom. The highest BCUT2D eigenvalue weighted by atomic mass is 16.6. The molecule has 0 unspecified atom stereocenters. The molecule has 0 bridgehead atoms. The van der Waals surface area contributed by atoms with E-state index in [4.69, 9.17) is 14.0 Å². The highest BCUT2D eigenvalue weighted by Gasteiger charge is 2.51. The van der Waals surface area contributed by atoms with Gasteiger partial charge in [0.1, 0.15) is 0 Å². The van der Waals surface area contributed by atoms with Crippen molar-refractivity contribution in [3.05, 3.63) is 65.6 Å². The van der Waals surface area contributed by atoms with Crippen molar-refractivity contribution in [2.45, 2.75) is 45.1 Å². The zero-order valence-corrected chi connectivity index (χ0v) is 19.0. The van der Waals surface area contributed by atoms with Gasteiger partial charge >= 0.3 is 5.97 Å². The quantitative estimate of drug-likeness (QED) is 0.518. The van der Waals surface area contributed by atoms with Crippen LogP contribution < -0.4 is 14.8 Å². The third-order valence-corrected chi connectivity index (χ3v) is 5.64. The van der Waals surface area contributed by atoms with Crippen LogP contribution in [0.25, 0.3) is 0 Å². The number of nitrogens with one attached hydrogen (secondary N) is 1. The molecular formula is C24H26N4O5. The fourth-order valence-electron chi connectivity index (χ4n) is 3.51. The van der Waals surface area contributed by atoms with Crippen LogP contribution in [0, 0.1) is 5.92 Å². The van der Waals surface area contributed by atoms with Crippen molar-refractivity contribution in [1.82, 2.24) is 20.4 Å². The maximum Gasteiger partial charge on any atom is 0.313 e. The van der Waals surface area contributed by atoms with Crippen molar-refractivity contribution < 1.29 is 23.6 Å². The van der Waals surface area contributed by atoms with Crippen LogP contribution in [0.3, 0.4) is 0 Å². The molecule has 0 saturated heterocycles. The maximum atomic E-state index is 13.0. The molecule has 0 spiro atoms. The van der Waals surface area contributed by atoms with Crippen LogP contribution in [0.4, 0.5) is 0 Å². The number of benzene rings is 1. The molecule has 1 atom stereocenters. The van der Waals surface area contributed by atoms with Crippen LogP contribution in [0.2, 0.25) is 0 Å². The molecule has 1 saturated carbocycles. The average molecular weight is 450 g/mol. The van der Waals surface area contributed by atoms with Crippen molar-refractivity contribution in [2.24, 2.45) is 5.92 Å². The van der Waals surface area contributed by atoms with Crippen molar-refractivity contribution in [1.29, 1.82) is 0 Å². The molecule has 1 aliphatic carbocycles. The second-order valence-corrected chi connectivity index (χ2v) is 8.37. The van der Waals surface area contributed by atoms with Gasteiger partial charge in [-0.05, 0) is 25.3 Å². The molecule has 1 aliphatic rings. The van der Waals surface area contributed by atoms with Gasteiger partial charge in [-0.1, -0.05) is 49.3 Å². The molecule has 9 heteroatoms. The molecule has 2 aromatic heterocycles. The molecule has 0 aliphatic heterocycles. The zero-order chi connectivity index (χ0) is 23.6. The first kappa shape index (κ1) is 22.4. The Bertz CT molecular complexity index is 1150. The van der Waals surface area contributed by atoms with Gasteiger partial charge < -0.3 is 19.3 Å². The third kappa shape index (κ3) is 4.44. The van der Waals surface area contributed by atoms with Gasteiger partial charge in [0.05, 0.1) is 24.5 Å². The predicted octanol–water partition coefficient (Wildman–Crippen LogP) is 3.61. The molecule has 33 heavy (non-hydrogen) atoms. The molecule has 1 fully saturated rings. The Kier molecular flexibility index (Phi) is 6.13. The summed E-state index contributed by atoms with van der Waals surface area (Å²) in [5.74, 6) is -0.345. The highest BCUT2D eigenvalue weighted by molar-refractivity contribution is 5.96. The summed E-state index contributed by atoms with van der Waals surface area (Å²) >= 11 is 0. The molecule has 172 valence electrons. The lowest BCUT2D eigenvalue weighted by atomic mass is 9.96. The Hall–Kier alpha value is -3.75. The second-order valence-electron chi connectivity index (χ2n) is 8.37. The first-order chi connectivity index (χ1) is 15.9. The highest BCUT2D eigenvalue weighted by Crippen LogP contribution is 2.52. The fraction of sp³-hybridized carbons (Fsp3) is 0.375. The number of hydrogen-bond acceptors (Lipinski definition) is 8. The summed E-state index contributed by atoms with van der Waals surface area (Å²) in [6.45, 7) is 5.14. The van der Waals surface area contributed by atoms with E-state index in [1.165, 1.54) is 19.4 Å². The number of rotatable bonds is 8. The standard InChI is InChI=1S/C24H26N4O5/c1-14(2)22(30)32-19-17(31-4)10-13-25-18(19)21(29)26-15(3)20-27-23(33-28-20)24(11-12-24)16-8-6-5-7-9-16/h5-10,13-15H,11-12H2,1-4H3,(H,26,29)/t15-/m0/s1. The summed E-state index contributed by atoms with van der Waals surface area (Å²) < 4.78 is 16.2. The van der Waals surface area contributed by atoms with Gasteiger partial charge in [0.15, 0.2) is 17.3 Å². The Labute approximate surface area is 191 Å². The molecule has 2 heterocycles. The van der Waals surface area contributed by atoms with Crippen molar-refractivity contribution >= 4 is 11.9 Å².